The van der Waals surface area contributed by atoms with Gasteiger partial charge < -0.3 is 20.5 Å². The number of amides is 2. The highest BCUT2D eigenvalue weighted by Crippen LogP contribution is 2.09. The van der Waals surface area contributed by atoms with E-state index in [-0.39, 0.29) is 12.6 Å². The lowest BCUT2D eigenvalue weighted by atomic mass is 10.2. The molecule has 1 rings (SSSR count). The van der Waals surface area contributed by atoms with Crippen LogP contribution in [0.15, 0.2) is 28.7 Å². The van der Waals surface area contributed by atoms with E-state index in [0.717, 1.165) is 10.0 Å². The van der Waals surface area contributed by atoms with Crippen LogP contribution in [0, 0.1) is 0 Å². The summed E-state index contributed by atoms with van der Waals surface area (Å²) in [5, 5.41) is 13.9. The first-order chi connectivity index (χ1) is 8.72. The van der Waals surface area contributed by atoms with Gasteiger partial charge in [-0.3, -0.25) is 0 Å². The molecule has 100 valence electrons. The zero-order valence-electron chi connectivity index (χ0n) is 9.99. The molecule has 0 aromatic heterocycles. The van der Waals surface area contributed by atoms with Crippen molar-refractivity contribution in [3.05, 3.63) is 34.3 Å². The second-order valence-corrected chi connectivity index (χ2v) is 4.49. The van der Waals surface area contributed by atoms with Gasteiger partial charge in [0.1, 0.15) is 0 Å². The van der Waals surface area contributed by atoms with E-state index in [1.807, 2.05) is 24.3 Å². The van der Waals surface area contributed by atoms with Crippen molar-refractivity contribution >= 4 is 22.0 Å². The molecule has 0 radical (unpaired) electrons. The van der Waals surface area contributed by atoms with Crippen molar-refractivity contribution in [1.82, 2.24) is 10.6 Å². The molecule has 0 spiro atoms. The molecule has 1 aromatic rings. The second kappa shape index (κ2) is 8.91. The topological polar surface area (TPSA) is 70.6 Å². The van der Waals surface area contributed by atoms with Gasteiger partial charge in [0.05, 0.1) is 19.8 Å². The quantitative estimate of drug-likeness (QED) is 0.663. The first kappa shape index (κ1) is 14.9. The summed E-state index contributed by atoms with van der Waals surface area (Å²) in [6, 6.07) is 7.50. The van der Waals surface area contributed by atoms with E-state index in [1.165, 1.54) is 0 Å². The van der Waals surface area contributed by atoms with E-state index < -0.39 is 0 Å². The predicted molar refractivity (Wildman–Crippen MR) is 72.3 cm³/mol. The van der Waals surface area contributed by atoms with Crippen molar-refractivity contribution in [2.24, 2.45) is 0 Å². The number of aliphatic hydroxyl groups is 1. The molecule has 0 aliphatic rings. The Morgan fingerprint density at radius 3 is 2.61 bits per heavy atom. The lowest BCUT2D eigenvalue weighted by Gasteiger charge is -2.08. The second-order valence-electron chi connectivity index (χ2n) is 3.57. The number of urea groups is 1. The molecule has 0 bridgehead atoms. The van der Waals surface area contributed by atoms with Gasteiger partial charge in [-0.1, -0.05) is 28.1 Å². The van der Waals surface area contributed by atoms with Crippen LogP contribution < -0.4 is 10.6 Å². The van der Waals surface area contributed by atoms with E-state index in [2.05, 4.69) is 26.6 Å². The number of benzene rings is 1. The third kappa shape index (κ3) is 6.58. The highest BCUT2D eigenvalue weighted by atomic mass is 79.9. The van der Waals surface area contributed by atoms with Gasteiger partial charge in [-0.15, -0.1) is 0 Å². The Hall–Kier alpha value is -1.11. The van der Waals surface area contributed by atoms with Gasteiger partial charge in [0.2, 0.25) is 0 Å². The Morgan fingerprint density at radius 1 is 1.22 bits per heavy atom. The number of nitrogens with one attached hydrogen (secondary N) is 2. The molecular weight excluding hydrogens is 300 g/mol. The molecule has 0 unspecified atom stereocenters. The van der Waals surface area contributed by atoms with Crippen LogP contribution in [0.3, 0.4) is 0 Å². The molecule has 0 fully saturated rings. The maximum Gasteiger partial charge on any atom is 0.315 e. The van der Waals surface area contributed by atoms with Crippen LogP contribution in [0.1, 0.15) is 5.56 Å². The number of carbonyl (C=O) groups excluding carboxylic acids is 1. The zero-order chi connectivity index (χ0) is 13.2. The van der Waals surface area contributed by atoms with Crippen molar-refractivity contribution < 1.29 is 14.6 Å². The SMILES string of the molecule is O=C(NCCOCCO)NCc1ccc(Br)cc1. The molecule has 5 nitrogen and oxygen atoms in total. The molecule has 3 N–H and O–H groups in total. The molecular formula is C12H17BrN2O3. The molecule has 18 heavy (non-hydrogen) atoms. The summed E-state index contributed by atoms with van der Waals surface area (Å²) in [6.07, 6.45) is 0. The highest BCUT2D eigenvalue weighted by molar-refractivity contribution is 9.10. The van der Waals surface area contributed by atoms with Crippen LogP contribution in [-0.2, 0) is 11.3 Å². The van der Waals surface area contributed by atoms with E-state index in [4.69, 9.17) is 9.84 Å². The lowest BCUT2D eigenvalue weighted by molar-refractivity contribution is 0.0947. The number of hydrogen-bond donors (Lipinski definition) is 3. The predicted octanol–water partition coefficient (Wildman–Crippen LogP) is 1.26. The summed E-state index contributed by atoms with van der Waals surface area (Å²) in [4.78, 5) is 11.4. The van der Waals surface area contributed by atoms with Crippen molar-refractivity contribution in [2.45, 2.75) is 6.54 Å². The van der Waals surface area contributed by atoms with Gasteiger partial charge in [-0.25, -0.2) is 4.79 Å². The minimum atomic E-state index is -0.231. The molecule has 0 saturated heterocycles. The molecule has 0 heterocycles. The van der Waals surface area contributed by atoms with Gasteiger partial charge in [0.25, 0.3) is 0 Å². The Bertz CT molecular complexity index is 357. The van der Waals surface area contributed by atoms with E-state index >= 15 is 0 Å². The summed E-state index contributed by atoms with van der Waals surface area (Å²) in [6.45, 7) is 1.59. The molecule has 0 atom stereocenters. The van der Waals surface area contributed by atoms with Crippen LogP contribution in [-0.4, -0.2) is 37.5 Å². The maximum atomic E-state index is 11.4. The van der Waals surface area contributed by atoms with Gasteiger partial charge in [-0.05, 0) is 17.7 Å². The van der Waals surface area contributed by atoms with Crippen LogP contribution in [0.2, 0.25) is 0 Å². The molecule has 1 aromatic carbocycles. The van der Waals surface area contributed by atoms with Gasteiger partial charge in [0.15, 0.2) is 0 Å². The van der Waals surface area contributed by atoms with Gasteiger partial charge in [0, 0.05) is 17.6 Å². The minimum absolute atomic E-state index is 0.00420. The monoisotopic (exact) mass is 316 g/mol. The minimum Gasteiger partial charge on any atom is -0.394 e. The summed E-state index contributed by atoms with van der Waals surface area (Å²) in [5.74, 6) is 0. The first-order valence-corrected chi connectivity index (χ1v) is 6.46. The summed E-state index contributed by atoms with van der Waals surface area (Å²) < 4.78 is 6.02. The molecule has 0 aliphatic carbocycles. The third-order valence-electron chi connectivity index (χ3n) is 2.13. The molecule has 0 aliphatic heterocycles. The average Bonchev–Trinajstić information content (AvgIpc) is 2.38. The zero-order valence-corrected chi connectivity index (χ0v) is 11.6. The summed E-state index contributed by atoms with van der Waals surface area (Å²) in [7, 11) is 0. The Morgan fingerprint density at radius 2 is 1.94 bits per heavy atom. The number of carbonyl (C=O) groups is 1. The Balaban J connectivity index is 2.11. The lowest BCUT2D eigenvalue weighted by Crippen LogP contribution is -2.37. The van der Waals surface area contributed by atoms with E-state index in [1.54, 1.807) is 0 Å². The number of ether oxygens (including phenoxy) is 1. The van der Waals surface area contributed by atoms with Crippen LogP contribution in [0.4, 0.5) is 4.79 Å². The number of hydrogen-bond acceptors (Lipinski definition) is 3. The van der Waals surface area contributed by atoms with Crippen LogP contribution >= 0.6 is 15.9 Å². The molecule has 0 saturated carbocycles. The van der Waals surface area contributed by atoms with E-state index in [9.17, 15) is 4.79 Å². The fourth-order valence-corrected chi connectivity index (χ4v) is 1.51. The average molecular weight is 317 g/mol. The van der Waals surface area contributed by atoms with Crippen LogP contribution in [0.5, 0.6) is 0 Å². The molecule has 6 heteroatoms. The number of halogens is 1. The summed E-state index contributed by atoms with van der Waals surface area (Å²) >= 11 is 3.35. The van der Waals surface area contributed by atoms with Gasteiger partial charge in [-0.2, -0.15) is 0 Å². The normalized spacial score (nSPS) is 10.1. The fourth-order valence-electron chi connectivity index (χ4n) is 1.25. The van der Waals surface area contributed by atoms with Crippen LogP contribution in [0.25, 0.3) is 0 Å². The largest absolute Gasteiger partial charge is 0.394 e. The van der Waals surface area contributed by atoms with E-state index in [0.29, 0.717) is 26.3 Å². The van der Waals surface area contributed by atoms with Crippen molar-refractivity contribution in [2.75, 3.05) is 26.4 Å². The number of rotatable bonds is 7. The van der Waals surface area contributed by atoms with Crippen molar-refractivity contribution in [3.63, 3.8) is 0 Å². The Labute approximate surface area is 115 Å². The highest BCUT2D eigenvalue weighted by Gasteiger charge is 1.99. The molecule has 2 amide bonds. The van der Waals surface area contributed by atoms with Crippen molar-refractivity contribution in [3.8, 4) is 0 Å². The maximum absolute atomic E-state index is 11.4. The first-order valence-electron chi connectivity index (χ1n) is 5.67. The number of aliphatic hydroxyl groups excluding tert-OH is 1. The Kier molecular flexibility index (Phi) is 7.40. The van der Waals surface area contributed by atoms with Crippen molar-refractivity contribution in [1.29, 1.82) is 0 Å². The fraction of sp³-hybridized carbons (Fsp3) is 0.417. The third-order valence-corrected chi connectivity index (χ3v) is 2.66. The smallest absolute Gasteiger partial charge is 0.315 e. The van der Waals surface area contributed by atoms with Gasteiger partial charge >= 0.3 is 6.03 Å². The summed E-state index contributed by atoms with van der Waals surface area (Å²) in [5.41, 5.74) is 1.03. The standard InChI is InChI=1S/C12H17BrN2O3/c13-11-3-1-10(2-4-11)9-15-12(17)14-5-7-18-8-6-16/h1-4,16H,5-9H2,(H2,14,15,17).